The smallest absolute Gasteiger partial charge is 0.329 e. The lowest BCUT2D eigenvalue weighted by atomic mass is 10.1. The van der Waals surface area contributed by atoms with Crippen LogP contribution in [0.15, 0.2) is 69.2 Å². The molecule has 3 aromatic rings. The van der Waals surface area contributed by atoms with E-state index in [0.29, 0.717) is 16.5 Å². The van der Waals surface area contributed by atoms with Crippen LogP contribution in [-0.4, -0.2) is 16.8 Å². The van der Waals surface area contributed by atoms with Crippen LogP contribution in [0.25, 0.3) is 17.4 Å². The molecule has 5 nitrogen and oxygen atoms in total. The van der Waals surface area contributed by atoms with E-state index in [2.05, 4.69) is 21.2 Å². The van der Waals surface area contributed by atoms with Crippen molar-refractivity contribution in [2.75, 3.05) is 0 Å². The Morgan fingerprint density at radius 3 is 2.59 bits per heavy atom. The Morgan fingerprint density at radius 2 is 1.86 bits per heavy atom. The van der Waals surface area contributed by atoms with E-state index in [1.165, 1.54) is 11.0 Å². The highest BCUT2D eigenvalue weighted by molar-refractivity contribution is 9.10. The number of amides is 3. The zero-order chi connectivity index (χ0) is 20.5. The number of carbonyl (C=O) groups excluding carboxylic acids is 2. The first-order valence-electron chi connectivity index (χ1n) is 8.86. The predicted octanol–water partition coefficient (Wildman–Crippen LogP) is 5.76. The number of furan rings is 1. The van der Waals surface area contributed by atoms with Gasteiger partial charge in [0.15, 0.2) is 0 Å². The molecular formula is C22H16BrClN2O3. The first kappa shape index (κ1) is 19.5. The number of carbonyl (C=O) groups is 2. The number of benzene rings is 2. The summed E-state index contributed by atoms with van der Waals surface area (Å²) in [5.74, 6) is 0.680. The Hall–Kier alpha value is -2.83. The highest BCUT2D eigenvalue weighted by atomic mass is 79.9. The van der Waals surface area contributed by atoms with Crippen molar-refractivity contribution >= 4 is 45.5 Å². The minimum atomic E-state index is -0.451. The monoisotopic (exact) mass is 470 g/mol. The molecule has 0 aliphatic carbocycles. The molecule has 0 atom stereocenters. The lowest BCUT2D eigenvalue weighted by Gasteiger charge is -2.11. The highest BCUT2D eigenvalue weighted by Crippen LogP contribution is 2.30. The normalized spacial score (nSPS) is 15.3. The van der Waals surface area contributed by atoms with Gasteiger partial charge in [-0.05, 0) is 52.7 Å². The number of nitrogens with one attached hydrogen (secondary N) is 1. The topological polar surface area (TPSA) is 62.6 Å². The molecule has 1 aromatic heterocycles. The molecule has 2 heterocycles. The van der Waals surface area contributed by atoms with E-state index in [0.717, 1.165) is 21.2 Å². The van der Waals surface area contributed by atoms with Crippen LogP contribution >= 0.6 is 27.5 Å². The molecule has 1 saturated heterocycles. The Kier molecular flexibility index (Phi) is 5.30. The van der Waals surface area contributed by atoms with Gasteiger partial charge in [0, 0.05) is 16.1 Å². The van der Waals surface area contributed by atoms with E-state index in [4.69, 9.17) is 16.0 Å². The molecule has 4 rings (SSSR count). The molecule has 0 saturated carbocycles. The van der Waals surface area contributed by atoms with Gasteiger partial charge in [-0.25, -0.2) is 4.79 Å². The Labute approximate surface area is 181 Å². The van der Waals surface area contributed by atoms with Crippen LogP contribution in [0.3, 0.4) is 0 Å². The number of hydrogen-bond donors (Lipinski definition) is 1. The summed E-state index contributed by atoms with van der Waals surface area (Å²) in [5.41, 5.74) is 2.99. The zero-order valence-corrected chi connectivity index (χ0v) is 17.8. The first-order valence-corrected chi connectivity index (χ1v) is 10.0. The van der Waals surface area contributed by atoms with Gasteiger partial charge >= 0.3 is 6.03 Å². The number of aryl methyl sites for hydroxylation is 1. The number of rotatable bonds is 4. The molecule has 2 aromatic carbocycles. The quantitative estimate of drug-likeness (QED) is 0.388. The van der Waals surface area contributed by atoms with Crippen molar-refractivity contribution < 1.29 is 14.0 Å². The lowest BCUT2D eigenvalue weighted by Crippen LogP contribution is -2.30. The van der Waals surface area contributed by atoms with Crippen LogP contribution in [0.4, 0.5) is 4.79 Å². The average molecular weight is 472 g/mol. The first-order chi connectivity index (χ1) is 13.9. The molecule has 3 amide bonds. The second-order valence-electron chi connectivity index (χ2n) is 6.70. The third-order valence-corrected chi connectivity index (χ3v) is 5.77. The average Bonchev–Trinajstić information content (AvgIpc) is 3.26. The summed E-state index contributed by atoms with van der Waals surface area (Å²) in [6.45, 7) is 2.20. The molecule has 0 unspecified atom stereocenters. The van der Waals surface area contributed by atoms with Gasteiger partial charge in [0.2, 0.25) is 0 Å². The maximum Gasteiger partial charge on any atom is 0.329 e. The molecule has 0 bridgehead atoms. The SMILES string of the molecule is Cc1ccc(CN2C(=O)N/C(=C/c3ccc(-c4ccc(Br)c(Cl)c4)o3)C2=O)cc1. The van der Waals surface area contributed by atoms with Gasteiger partial charge in [-0.1, -0.05) is 47.5 Å². The van der Waals surface area contributed by atoms with Crippen LogP contribution in [-0.2, 0) is 11.3 Å². The third kappa shape index (κ3) is 4.13. The largest absolute Gasteiger partial charge is 0.457 e. The summed E-state index contributed by atoms with van der Waals surface area (Å²) in [4.78, 5) is 26.1. The minimum absolute atomic E-state index is 0.178. The molecule has 0 radical (unpaired) electrons. The Bertz CT molecular complexity index is 1140. The van der Waals surface area contributed by atoms with Crippen molar-refractivity contribution in [3.63, 3.8) is 0 Å². The van der Waals surface area contributed by atoms with Gasteiger partial charge in [-0.15, -0.1) is 0 Å². The van der Waals surface area contributed by atoms with Crippen LogP contribution in [0.1, 0.15) is 16.9 Å². The summed E-state index contributed by atoms with van der Waals surface area (Å²) in [6, 6.07) is 16.3. The van der Waals surface area contributed by atoms with Gasteiger partial charge in [0.25, 0.3) is 5.91 Å². The zero-order valence-electron chi connectivity index (χ0n) is 15.4. The van der Waals surface area contributed by atoms with E-state index < -0.39 is 6.03 Å². The van der Waals surface area contributed by atoms with E-state index in [9.17, 15) is 9.59 Å². The van der Waals surface area contributed by atoms with Crippen molar-refractivity contribution in [1.82, 2.24) is 10.2 Å². The Balaban J connectivity index is 1.53. The van der Waals surface area contributed by atoms with E-state index in [-0.39, 0.29) is 18.1 Å². The lowest BCUT2D eigenvalue weighted by molar-refractivity contribution is -0.123. The van der Waals surface area contributed by atoms with E-state index in [1.807, 2.05) is 43.3 Å². The summed E-state index contributed by atoms with van der Waals surface area (Å²) in [6.07, 6.45) is 1.53. The number of urea groups is 1. The molecule has 7 heteroatoms. The van der Waals surface area contributed by atoms with E-state index in [1.54, 1.807) is 18.2 Å². The molecule has 29 heavy (non-hydrogen) atoms. The fourth-order valence-corrected chi connectivity index (χ4v) is 3.40. The number of halogens is 2. The molecule has 1 aliphatic rings. The van der Waals surface area contributed by atoms with Crippen molar-refractivity contribution in [2.24, 2.45) is 0 Å². The predicted molar refractivity (Wildman–Crippen MR) is 115 cm³/mol. The summed E-state index contributed by atoms with van der Waals surface area (Å²) >= 11 is 9.49. The van der Waals surface area contributed by atoms with E-state index >= 15 is 0 Å². The van der Waals surface area contributed by atoms with Gasteiger partial charge in [0.1, 0.15) is 17.2 Å². The van der Waals surface area contributed by atoms with Gasteiger partial charge in [0.05, 0.1) is 11.6 Å². The standard InChI is InChI=1S/C22H16BrClN2O3/c1-13-2-4-14(5-3-13)12-26-21(27)19(25-22(26)28)11-16-7-9-20(29-16)15-6-8-17(23)18(24)10-15/h2-11H,12H2,1H3,(H,25,28)/b19-11+. The summed E-state index contributed by atoms with van der Waals surface area (Å²) in [5, 5.41) is 3.18. The van der Waals surface area contributed by atoms with Crippen LogP contribution in [0.2, 0.25) is 5.02 Å². The molecule has 1 aliphatic heterocycles. The Morgan fingerprint density at radius 1 is 1.10 bits per heavy atom. The second-order valence-corrected chi connectivity index (χ2v) is 7.96. The van der Waals surface area contributed by atoms with Crippen LogP contribution in [0, 0.1) is 6.92 Å². The van der Waals surface area contributed by atoms with Gasteiger partial charge < -0.3 is 9.73 Å². The highest BCUT2D eigenvalue weighted by Gasteiger charge is 2.33. The third-order valence-electron chi connectivity index (χ3n) is 4.54. The van der Waals surface area contributed by atoms with Crippen molar-refractivity contribution in [2.45, 2.75) is 13.5 Å². The molecule has 1 N–H and O–H groups in total. The maximum absolute atomic E-state index is 12.7. The van der Waals surface area contributed by atoms with Crippen LogP contribution in [0.5, 0.6) is 0 Å². The fourth-order valence-electron chi connectivity index (χ4n) is 2.97. The molecule has 1 fully saturated rings. The molecule has 0 spiro atoms. The van der Waals surface area contributed by atoms with Crippen molar-refractivity contribution in [3.8, 4) is 11.3 Å². The van der Waals surface area contributed by atoms with Crippen molar-refractivity contribution in [1.29, 1.82) is 0 Å². The molecular weight excluding hydrogens is 456 g/mol. The second kappa shape index (κ2) is 7.89. The number of hydrogen-bond acceptors (Lipinski definition) is 3. The number of imide groups is 1. The summed E-state index contributed by atoms with van der Waals surface area (Å²) < 4.78 is 6.60. The maximum atomic E-state index is 12.7. The van der Waals surface area contributed by atoms with Gasteiger partial charge in [-0.2, -0.15) is 0 Å². The minimum Gasteiger partial charge on any atom is -0.457 e. The van der Waals surface area contributed by atoms with Gasteiger partial charge in [-0.3, -0.25) is 9.69 Å². The molecule has 146 valence electrons. The number of nitrogens with zero attached hydrogens (tertiary/aromatic N) is 1. The van der Waals surface area contributed by atoms with Crippen molar-refractivity contribution in [3.05, 3.63) is 86.7 Å². The fraction of sp³-hybridized carbons (Fsp3) is 0.0909. The summed E-state index contributed by atoms with van der Waals surface area (Å²) in [7, 11) is 0. The van der Waals surface area contributed by atoms with Crippen LogP contribution < -0.4 is 5.32 Å².